The van der Waals surface area contributed by atoms with Crippen molar-refractivity contribution in [3.63, 3.8) is 0 Å². The maximum Gasteiger partial charge on any atom is 0.408 e. The van der Waals surface area contributed by atoms with Crippen LogP contribution in [0.4, 0.5) is 4.79 Å². The highest BCUT2D eigenvalue weighted by Gasteiger charge is 2.62. The summed E-state index contributed by atoms with van der Waals surface area (Å²) in [6.07, 6.45) is 11.0. The van der Waals surface area contributed by atoms with Crippen molar-refractivity contribution in [1.29, 1.82) is 0 Å². The summed E-state index contributed by atoms with van der Waals surface area (Å²) in [7, 11) is -3.90. The zero-order valence-electron chi connectivity index (χ0n) is 35.1. The van der Waals surface area contributed by atoms with E-state index in [-0.39, 0.29) is 61.4 Å². The molecule has 6 aliphatic rings. The lowest BCUT2D eigenvalue weighted by atomic mass is 9.96. The summed E-state index contributed by atoms with van der Waals surface area (Å²) in [6.45, 7) is 1.95. The summed E-state index contributed by atoms with van der Waals surface area (Å²) in [5, 5.41) is 5.63. The van der Waals surface area contributed by atoms with Crippen LogP contribution in [-0.4, -0.2) is 88.3 Å². The first-order valence-corrected chi connectivity index (χ1v) is 24.1. The van der Waals surface area contributed by atoms with Gasteiger partial charge < -0.3 is 25.0 Å². The van der Waals surface area contributed by atoms with Gasteiger partial charge in [0.2, 0.25) is 21.8 Å². The number of carbonyl (C=O) groups excluding carboxylic acids is 4. The number of nitrogens with zero attached hydrogens (tertiary/aromatic N) is 3. The van der Waals surface area contributed by atoms with Gasteiger partial charge in [-0.25, -0.2) is 13.2 Å². The van der Waals surface area contributed by atoms with E-state index in [4.69, 9.17) is 14.5 Å². The summed E-state index contributed by atoms with van der Waals surface area (Å²) < 4.78 is 42.2. The van der Waals surface area contributed by atoms with Gasteiger partial charge in [-0.05, 0) is 105 Å². The number of sulfonamides is 1. The molecule has 4 aliphatic carbocycles. The van der Waals surface area contributed by atoms with Gasteiger partial charge in [0, 0.05) is 13.0 Å². The lowest BCUT2D eigenvalue weighted by molar-refractivity contribution is -0.142. The van der Waals surface area contributed by atoms with Crippen molar-refractivity contribution in [1.82, 2.24) is 29.8 Å². The van der Waals surface area contributed by atoms with Crippen LogP contribution in [0.3, 0.4) is 0 Å². The fraction of sp³-hybridized carbons (Fsp3) is 0.565. The predicted molar refractivity (Wildman–Crippen MR) is 230 cm³/mol. The number of nitrogens with one attached hydrogen (secondary N) is 3. The van der Waals surface area contributed by atoms with Crippen LogP contribution in [0, 0.1) is 17.8 Å². The minimum atomic E-state index is -3.90. The molecule has 0 unspecified atom stereocenters. The smallest absolute Gasteiger partial charge is 0.408 e. The SMILES string of the molecule is CC[C@@H]1C[C@]1(NC(=O)[C@@H]1C[C@@H]2CN1C(=O)[C@H](C1CCCC1)NC(=O)O[C@@H]1CCC[C@H]1CC/C=C\Cn1c(nc3cc(-c4ccccc4)ccc3c1=O)O2)C(=O)NS(=O)(=O)C1CC1. The highest BCUT2D eigenvalue weighted by atomic mass is 32.2. The molecule has 330 valence electrons. The number of rotatable bonds is 8. The molecule has 3 aromatic rings. The van der Waals surface area contributed by atoms with E-state index in [1.54, 1.807) is 6.07 Å². The Morgan fingerprint density at radius 2 is 1.68 bits per heavy atom. The van der Waals surface area contributed by atoms with Gasteiger partial charge in [0.05, 0.1) is 22.7 Å². The minimum absolute atomic E-state index is 0.0220. The molecule has 4 saturated carbocycles. The molecule has 9 rings (SSSR count). The van der Waals surface area contributed by atoms with Gasteiger partial charge >= 0.3 is 6.09 Å². The molecular formula is C46H56N6O9S. The second-order valence-corrected chi connectivity index (χ2v) is 20.1. The number of hydrogen-bond acceptors (Lipinski definition) is 10. The van der Waals surface area contributed by atoms with E-state index < -0.39 is 62.8 Å². The molecule has 3 heterocycles. The first-order valence-electron chi connectivity index (χ1n) is 22.5. The lowest BCUT2D eigenvalue weighted by Crippen LogP contribution is -2.59. The van der Waals surface area contributed by atoms with Crippen molar-refractivity contribution in [3.05, 3.63) is 71.0 Å². The number of allylic oxidation sites excluding steroid dienone is 2. The molecule has 15 nitrogen and oxygen atoms in total. The number of amides is 4. The predicted octanol–water partition coefficient (Wildman–Crippen LogP) is 5.11. The summed E-state index contributed by atoms with van der Waals surface area (Å²) in [6, 6.07) is 13.2. The Labute approximate surface area is 361 Å². The maximum absolute atomic E-state index is 15.0. The van der Waals surface area contributed by atoms with Crippen molar-refractivity contribution < 1.29 is 37.1 Å². The first kappa shape index (κ1) is 42.1. The van der Waals surface area contributed by atoms with Crippen molar-refractivity contribution in [2.45, 2.75) is 138 Å². The Balaban J connectivity index is 1.08. The normalized spacial score (nSPS) is 29.9. The van der Waals surface area contributed by atoms with Crippen molar-refractivity contribution in [2.24, 2.45) is 17.8 Å². The number of fused-ring (bicyclic) bond motifs is 5. The van der Waals surface area contributed by atoms with Gasteiger partial charge in [0.1, 0.15) is 29.8 Å². The summed E-state index contributed by atoms with van der Waals surface area (Å²) >= 11 is 0. The Morgan fingerprint density at radius 1 is 0.903 bits per heavy atom. The van der Waals surface area contributed by atoms with E-state index in [0.717, 1.165) is 49.7 Å². The molecule has 2 aliphatic heterocycles. The number of alkyl carbamates (subject to hydrolysis) is 1. The molecule has 1 saturated heterocycles. The molecule has 1 aromatic heterocycles. The Kier molecular flexibility index (Phi) is 11.6. The van der Waals surface area contributed by atoms with Crippen molar-refractivity contribution >= 4 is 44.7 Å². The van der Waals surface area contributed by atoms with E-state index >= 15 is 4.79 Å². The van der Waals surface area contributed by atoms with E-state index in [1.807, 2.05) is 61.5 Å². The van der Waals surface area contributed by atoms with Crippen molar-refractivity contribution in [3.8, 4) is 17.1 Å². The molecule has 7 atom stereocenters. The number of hydrogen-bond donors (Lipinski definition) is 3. The monoisotopic (exact) mass is 868 g/mol. The molecule has 2 bridgehead atoms. The topological polar surface area (TPSA) is 195 Å². The number of aromatic nitrogens is 2. The van der Waals surface area contributed by atoms with Gasteiger partial charge in [-0.2, -0.15) is 4.98 Å². The molecular weight excluding hydrogens is 813 g/mol. The quantitative estimate of drug-likeness (QED) is 0.256. The maximum atomic E-state index is 15.0. The summed E-state index contributed by atoms with van der Waals surface area (Å²) in [5.41, 5.74) is 0.479. The molecule has 5 fully saturated rings. The molecule has 2 aromatic carbocycles. The molecule has 16 heteroatoms. The fourth-order valence-electron chi connectivity index (χ4n) is 10.3. The molecule has 4 amide bonds. The van der Waals surface area contributed by atoms with Gasteiger partial charge in [0.25, 0.3) is 17.5 Å². The molecule has 3 N–H and O–H groups in total. The van der Waals surface area contributed by atoms with Gasteiger partial charge in [-0.1, -0.05) is 74.7 Å². The van der Waals surface area contributed by atoms with E-state index in [2.05, 4.69) is 15.4 Å². The highest BCUT2D eigenvalue weighted by molar-refractivity contribution is 7.91. The zero-order chi connectivity index (χ0) is 43.2. The molecule has 62 heavy (non-hydrogen) atoms. The third-order valence-electron chi connectivity index (χ3n) is 14.1. The van der Waals surface area contributed by atoms with Crippen LogP contribution in [0.1, 0.15) is 96.8 Å². The van der Waals surface area contributed by atoms with Crippen LogP contribution in [0.5, 0.6) is 6.01 Å². The first-order chi connectivity index (χ1) is 29.9. The standard InChI is InChI=1S/C46H56N6O9S/c1-2-32-26-46(32,43(56)50-62(58,59)34-20-21-34)49-40(53)37-25-33-27-52(37)42(55)39(30-15-8-9-16-30)48-45(57)61-38-18-11-17-29(38)14-7-4-10-23-51-41(54)35-22-19-31(28-12-5-3-6-13-28)24-36(35)47-44(51)60-33/h3-6,10,12-13,19,22,24,29-30,32-34,37-39H,2,7-9,11,14-18,20-21,23,25-27H2,1H3,(H,48,57)(H,49,53)(H,50,56)/b10-4-/t29-,32-,33-,37+,38-,39+,46-/m1/s1. The fourth-order valence-corrected chi connectivity index (χ4v) is 11.7. The molecule has 0 radical (unpaired) electrons. The van der Waals surface area contributed by atoms with Crippen LogP contribution in [-0.2, 0) is 35.7 Å². The Bertz CT molecular complexity index is 2430. The van der Waals surface area contributed by atoms with Crippen LogP contribution < -0.4 is 25.7 Å². The van der Waals surface area contributed by atoms with Gasteiger partial charge in [-0.15, -0.1) is 0 Å². The highest BCUT2D eigenvalue weighted by Crippen LogP contribution is 2.47. The Hall–Kier alpha value is -5.25. The molecule has 0 spiro atoms. The van der Waals surface area contributed by atoms with E-state index in [9.17, 15) is 27.6 Å². The van der Waals surface area contributed by atoms with Crippen LogP contribution in [0.2, 0.25) is 0 Å². The number of carbonyl (C=O) groups is 4. The van der Waals surface area contributed by atoms with Gasteiger partial charge in [0.15, 0.2) is 0 Å². The third kappa shape index (κ3) is 8.46. The van der Waals surface area contributed by atoms with Crippen LogP contribution >= 0.6 is 0 Å². The summed E-state index contributed by atoms with van der Waals surface area (Å²) in [5.74, 6) is -2.26. The average molecular weight is 869 g/mol. The van der Waals surface area contributed by atoms with Crippen LogP contribution in [0.25, 0.3) is 22.0 Å². The third-order valence-corrected chi connectivity index (χ3v) is 15.9. The summed E-state index contributed by atoms with van der Waals surface area (Å²) in [4.78, 5) is 77.8. The largest absolute Gasteiger partial charge is 0.459 e. The second-order valence-electron chi connectivity index (χ2n) is 18.2. The lowest BCUT2D eigenvalue weighted by Gasteiger charge is -2.32. The minimum Gasteiger partial charge on any atom is -0.459 e. The average Bonchev–Trinajstić information content (AvgIpc) is 4.05. The van der Waals surface area contributed by atoms with E-state index in [1.165, 1.54) is 9.47 Å². The number of ether oxygens (including phenoxy) is 2. The number of benzene rings is 2. The van der Waals surface area contributed by atoms with Crippen molar-refractivity contribution in [2.75, 3.05) is 6.54 Å². The second kappa shape index (κ2) is 17.1. The van der Waals surface area contributed by atoms with E-state index in [0.29, 0.717) is 49.4 Å². The van der Waals surface area contributed by atoms with Crippen LogP contribution in [0.15, 0.2) is 65.5 Å². The van der Waals surface area contributed by atoms with Gasteiger partial charge in [-0.3, -0.25) is 28.5 Å². The zero-order valence-corrected chi connectivity index (χ0v) is 35.9. The Morgan fingerprint density at radius 3 is 2.42 bits per heavy atom.